The minimum absolute atomic E-state index is 0.380. The number of aliphatic hydroxyl groups excluding tert-OH is 1. The molecule has 0 amide bonds. The summed E-state index contributed by atoms with van der Waals surface area (Å²) in [5.74, 6) is 0. The van der Waals surface area contributed by atoms with Gasteiger partial charge in [-0.3, -0.25) is 4.68 Å². The van der Waals surface area contributed by atoms with E-state index in [4.69, 9.17) is 0 Å². The summed E-state index contributed by atoms with van der Waals surface area (Å²) in [6.07, 6.45) is 0.905. The van der Waals surface area contributed by atoms with Gasteiger partial charge < -0.3 is 5.11 Å². The molecule has 96 valence electrons. The molecular formula is C14H17BrN2O. The molecular weight excluding hydrogens is 292 g/mol. The molecule has 1 atom stereocenters. The summed E-state index contributed by atoms with van der Waals surface area (Å²) in [6.45, 7) is 1.96. The van der Waals surface area contributed by atoms with Gasteiger partial charge in [0.2, 0.25) is 0 Å². The van der Waals surface area contributed by atoms with Crippen LogP contribution in [0.25, 0.3) is 0 Å². The van der Waals surface area contributed by atoms with Crippen LogP contribution >= 0.6 is 15.9 Å². The van der Waals surface area contributed by atoms with Gasteiger partial charge in [0.15, 0.2) is 0 Å². The highest BCUT2D eigenvalue weighted by Gasteiger charge is 2.10. The lowest BCUT2D eigenvalue weighted by Gasteiger charge is -2.11. The van der Waals surface area contributed by atoms with Crippen molar-refractivity contribution in [3.05, 3.63) is 51.8 Å². The first kappa shape index (κ1) is 13.3. The van der Waals surface area contributed by atoms with E-state index in [9.17, 15) is 5.11 Å². The first-order chi connectivity index (χ1) is 8.54. The number of aryl methyl sites for hydroxylation is 2. The zero-order chi connectivity index (χ0) is 13.1. The molecule has 18 heavy (non-hydrogen) atoms. The topological polar surface area (TPSA) is 38.0 Å². The molecule has 0 aliphatic rings. The molecule has 0 saturated heterocycles. The maximum Gasteiger partial charge on any atom is 0.0635 e. The summed E-state index contributed by atoms with van der Waals surface area (Å²) in [6, 6.07) is 10.1. The summed E-state index contributed by atoms with van der Waals surface area (Å²) in [4.78, 5) is 0. The van der Waals surface area contributed by atoms with Gasteiger partial charge in [0, 0.05) is 23.6 Å². The van der Waals surface area contributed by atoms with Gasteiger partial charge in [-0.05, 0) is 37.1 Å². The second-order valence-electron chi connectivity index (χ2n) is 4.59. The standard InChI is InChI=1S/C14H17BrN2O/c1-10-6-13(17(2)16-10)9-14(18)8-11-4-3-5-12(15)7-11/h3-7,14,18H,8-9H2,1-2H3. The van der Waals surface area contributed by atoms with Crippen molar-refractivity contribution in [1.82, 2.24) is 9.78 Å². The average Bonchev–Trinajstić information content (AvgIpc) is 2.57. The van der Waals surface area contributed by atoms with Crippen LogP contribution in [0.5, 0.6) is 0 Å². The molecule has 0 aliphatic carbocycles. The van der Waals surface area contributed by atoms with Crippen LogP contribution < -0.4 is 0 Å². The molecule has 0 fully saturated rings. The van der Waals surface area contributed by atoms with E-state index in [1.165, 1.54) is 0 Å². The Morgan fingerprint density at radius 3 is 2.72 bits per heavy atom. The second-order valence-corrected chi connectivity index (χ2v) is 5.51. The number of hydrogen-bond acceptors (Lipinski definition) is 2. The number of benzene rings is 1. The largest absolute Gasteiger partial charge is 0.392 e. The third-order valence-corrected chi connectivity index (χ3v) is 3.40. The van der Waals surface area contributed by atoms with E-state index in [1.807, 2.05) is 49.0 Å². The van der Waals surface area contributed by atoms with E-state index in [1.54, 1.807) is 0 Å². The van der Waals surface area contributed by atoms with E-state index < -0.39 is 0 Å². The predicted molar refractivity (Wildman–Crippen MR) is 75.5 cm³/mol. The molecule has 1 heterocycles. The SMILES string of the molecule is Cc1cc(CC(O)Cc2cccc(Br)c2)n(C)n1. The van der Waals surface area contributed by atoms with Gasteiger partial charge >= 0.3 is 0 Å². The third kappa shape index (κ3) is 3.43. The molecule has 0 radical (unpaired) electrons. The van der Waals surface area contributed by atoms with Crippen molar-refractivity contribution in [2.24, 2.45) is 7.05 Å². The zero-order valence-electron chi connectivity index (χ0n) is 10.6. The predicted octanol–water partition coefficient (Wildman–Crippen LogP) is 2.64. The highest BCUT2D eigenvalue weighted by atomic mass is 79.9. The third-order valence-electron chi connectivity index (χ3n) is 2.90. The van der Waals surface area contributed by atoms with Crippen LogP contribution in [0.4, 0.5) is 0 Å². The van der Waals surface area contributed by atoms with Crippen LogP contribution in [0.15, 0.2) is 34.8 Å². The van der Waals surface area contributed by atoms with Crippen LogP contribution in [-0.4, -0.2) is 21.0 Å². The molecule has 0 aliphatic heterocycles. The fraction of sp³-hybridized carbons (Fsp3) is 0.357. The van der Waals surface area contributed by atoms with Crippen molar-refractivity contribution < 1.29 is 5.11 Å². The Kier molecular flexibility index (Phi) is 4.19. The summed E-state index contributed by atoms with van der Waals surface area (Å²) < 4.78 is 2.88. The highest BCUT2D eigenvalue weighted by molar-refractivity contribution is 9.10. The summed E-state index contributed by atoms with van der Waals surface area (Å²) >= 11 is 3.44. The van der Waals surface area contributed by atoms with E-state index in [0.29, 0.717) is 12.8 Å². The van der Waals surface area contributed by atoms with Crippen molar-refractivity contribution in [1.29, 1.82) is 0 Å². The molecule has 3 nitrogen and oxygen atoms in total. The fourth-order valence-electron chi connectivity index (χ4n) is 2.10. The minimum Gasteiger partial charge on any atom is -0.392 e. The number of aliphatic hydroxyl groups is 1. The van der Waals surface area contributed by atoms with Crippen LogP contribution in [0.3, 0.4) is 0 Å². The number of rotatable bonds is 4. The Labute approximate surface area is 116 Å². The van der Waals surface area contributed by atoms with E-state index >= 15 is 0 Å². The fourth-order valence-corrected chi connectivity index (χ4v) is 2.55. The maximum atomic E-state index is 10.1. The maximum absolute atomic E-state index is 10.1. The molecule has 0 saturated carbocycles. The van der Waals surface area contributed by atoms with Crippen LogP contribution in [0, 0.1) is 6.92 Å². The lowest BCUT2D eigenvalue weighted by molar-refractivity contribution is 0.173. The van der Waals surface area contributed by atoms with Gasteiger partial charge in [-0.1, -0.05) is 28.1 Å². The monoisotopic (exact) mass is 308 g/mol. The van der Waals surface area contributed by atoms with E-state index in [2.05, 4.69) is 21.0 Å². The molecule has 0 spiro atoms. The van der Waals surface area contributed by atoms with Gasteiger partial charge in [-0.25, -0.2) is 0 Å². The van der Waals surface area contributed by atoms with Gasteiger partial charge in [0.25, 0.3) is 0 Å². The molecule has 0 bridgehead atoms. The minimum atomic E-state index is -0.380. The Balaban J connectivity index is 2.00. The molecule has 1 aromatic carbocycles. The average molecular weight is 309 g/mol. The molecule has 1 aromatic heterocycles. The first-order valence-corrected chi connectivity index (χ1v) is 6.76. The lowest BCUT2D eigenvalue weighted by Crippen LogP contribution is -2.16. The summed E-state index contributed by atoms with van der Waals surface area (Å²) in [5, 5.41) is 14.4. The number of aromatic nitrogens is 2. The van der Waals surface area contributed by atoms with Crippen molar-refractivity contribution in [2.75, 3.05) is 0 Å². The lowest BCUT2D eigenvalue weighted by atomic mass is 10.0. The van der Waals surface area contributed by atoms with Crippen LogP contribution in [0.1, 0.15) is 17.0 Å². The van der Waals surface area contributed by atoms with E-state index in [-0.39, 0.29) is 6.10 Å². The Morgan fingerprint density at radius 2 is 2.11 bits per heavy atom. The zero-order valence-corrected chi connectivity index (χ0v) is 12.2. The quantitative estimate of drug-likeness (QED) is 0.943. The highest BCUT2D eigenvalue weighted by Crippen LogP contribution is 2.15. The number of hydrogen-bond donors (Lipinski definition) is 1. The van der Waals surface area contributed by atoms with Crippen molar-refractivity contribution in [3.8, 4) is 0 Å². The number of halogens is 1. The van der Waals surface area contributed by atoms with Crippen molar-refractivity contribution >= 4 is 15.9 Å². The van der Waals surface area contributed by atoms with Crippen molar-refractivity contribution in [3.63, 3.8) is 0 Å². The van der Waals surface area contributed by atoms with Gasteiger partial charge in [0.1, 0.15) is 0 Å². The van der Waals surface area contributed by atoms with Gasteiger partial charge in [-0.2, -0.15) is 5.10 Å². The van der Waals surface area contributed by atoms with E-state index in [0.717, 1.165) is 21.4 Å². The van der Waals surface area contributed by atoms with Crippen molar-refractivity contribution in [2.45, 2.75) is 25.9 Å². The Morgan fingerprint density at radius 1 is 1.33 bits per heavy atom. The second kappa shape index (κ2) is 5.67. The molecule has 1 unspecified atom stereocenters. The Hall–Kier alpha value is -1.13. The summed E-state index contributed by atoms with van der Waals surface area (Å²) in [7, 11) is 1.91. The van der Waals surface area contributed by atoms with Gasteiger partial charge in [0.05, 0.1) is 11.8 Å². The molecule has 4 heteroatoms. The van der Waals surface area contributed by atoms with Crippen LogP contribution in [0.2, 0.25) is 0 Å². The first-order valence-electron chi connectivity index (χ1n) is 5.96. The van der Waals surface area contributed by atoms with Crippen LogP contribution in [-0.2, 0) is 19.9 Å². The summed E-state index contributed by atoms with van der Waals surface area (Å²) in [5.41, 5.74) is 3.19. The Bertz CT molecular complexity index is 536. The normalized spacial score (nSPS) is 12.7. The molecule has 1 N–H and O–H groups in total. The molecule has 2 rings (SSSR count). The molecule has 2 aromatic rings. The number of nitrogens with zero attached hydrogens (tertiary/aromatic N) is 2. The smallest absolute Gasteiger partial charge is 0.0635 e. The van der Waals surface area contributed by atoms with Gasteiger partial charge in [-0.15, -0.1) is 0 Å².